The van der Waals surface area contributed by atoms with Crippen molar-refractivity contribution in [2.75, 3.05) is 12.4 Å². The fraction of sp³-hybridized carbons (Fsp3) is 0.130. The van der Waals surface area contributed by atoms with E-state index in [9.17, 15) is 19.1 Å². The van der Waals surface area contributed by atoms with Gasteiger partial charge in [-0.1, -0.05) is 24.3 Å². The number of amides is 2. The molecule has 6 nitrogen and oxygen atoms in total. The molecule has 154 valence electrons. The summed E-state index contributed by atoms with van der Waals surface area (Å²) in [6, 6.07) is 15.3. The molecule has 3 N–H and O–H groups in total. The van der Waals surface area contributed by atoms with E-state index in [-0.39, 0.29) is 29.1 Å². The average molecular weight is 408 g/mol. The second kappa shape index (κ2) is 9.09. The largest absolute Gasteiger partial charge is 0.508 e. The number of benzene rings is 3. The number of aryl methyl sites for hydroxylation is 1. The van der Waals surface area contributed by atoms with Crippen molar-refractivity contribution in [1.82, 2.24) is 5.32 Å². The van der Waals surface area contributed by atoms with Gasteiger partial charge in [-0.3, -0.25) is 9.59 Å². The maximum Gasteiger partial charge on any atom is 0.258 e. The molecule has 0 saturated carbocycles. The first kappa shape index (κ1) is 20.9. The number of nitrogens with one attached hydrogen (secondary N) is 2. The number of phenols is 1. The second-order valence-electron chi connectivity index (χ2n) is 6.61. The molecule has 0 aliphatic carbocycles. The fourth-order valence-electron chi connectivity index (χ4n) is 2.95. The van der Waals surface area contributed by atoms with Crippen LogP contribution in [0.1, 0.15) is 31.8 Å². The maximum atomic E-state index is 13.9. The Hall–Kier alpha value is -3.87. The summed E-state index contributed by atoms with van der Waals surface area (Å²) in [4.78, 5) is 25.3. The molecule has 3 aromatic rings. The normalized spacial score (nSPS) is 10.4. The number of ether oxygens (including phenoxy) is 1. The van der Waals surface area contributed by atoms with Crippen LogP contribution in [0.3, 0.4) is 0 Å². The number of hydrogen-bond donors (Lipinski definition) is 3. The molecule has 0 spiro atoms. The fourth-order valence-corrected chi connectivity index (χ4v) is 2.95. The van der Waals surface area contributed by atoms with E-state index in [4.69, 9.17) is 4.74 Å². The van der Waals surface area contributed by atoms with E-state index in [0.717, 1.165) is 0 Å². The molecule has 0 aliphatic rings. The summed E-state index contributed by atoms with van der Waals surface area (Å²) in [6.07, 6.45) is 0. The summed E-state index contributed by atoms with van der Waals surface area (Å²) in [5, 5.41) is 15.3. The SMILES string of the molecule is COc1ccc(O)c(CNC(=O)c2cccc(C)c2NC(=O)c2ccccc2F)c1. The van der Waals surface area contributed by atoms with Crippen LogP contribution in [-0.4, -0.2) is 24.0 Å². The van der Waals surface area contributed by atoms with Crippen LogP contribution in [0, 0.1) is 12.7 Å². The quantitative estimate of drug-likeness (QED) is 0.575. The summed E-state index contributed by atoms with van der Waals surface area (Å²) in [6.45, 7) is 1.79. The zero-order chi connectivity index (χ0) is 21.7. The molecular formula is C23H21FN2O4. The number of carbonyl (C=O) groups excluding carboxylic acids is 2. The Labute approximate surface area is 173 Å². The molecule has 0 atom stereocenters. The van der Waals surface area contributed by atoms with Crippen LogP contribution in [0.25, 0.3) is 0 Å². The highest BCUT2D eigenvalue weighted by Crippen LogP contribution is 2.24. The highest BCUT2D eigenvalue weighted by Gasteiger charge is 2.18. The monoisotopic (exact) mass is 408 g/mol. The lowest BCUT2D eigenvalue weighted by Gasteiger charge is -2.15. The molecule has 0 bridgehead atoms. The van der Waals surface area contributed by atoms with Gasteiger partial charge in [0.15, 0.2) is 0 Å². The van der Waals surface area contributed by atoms with Gasteiger partial charge in [0.1, 0.15) is 17.3 Å². The van der Waals surface area contributed by atoms with Crippen LogP contribution in [-0.2, 0) is 6.54 Å². The Balaban J connectivity index is 1.81. The Morgan fingerprint density at radius 2 is 1.73 bits per heavy atom. The minimum Gasteiger partial charge on any atom is -0.508 e. The summed E-state index contributed by atoms with van der Waals surface area (Å²) in [7, 11) is 1.51. The Kier molecular flexibility index (Phi) is 6.32. The van der Waals surface area contributed by atoms with Crippen molar-refractivity contribution >= 4 is 17.5 Å². The van der Waals surface area contributed by atoms with Crippen LogP contribution in [0.15, 0.2) is 60.7 Å². The van der Waals surface area contributed by atoms with Crippen molar-refractivity contribution in [3.8, 4) is 11.5 Å². The van der Waals surface area contributed by atoms with E-state index in [2.05, 4.69) is 10.6 Å². The molecule has 0 unspecified atom stereocenters. The van der Waals surface area contributed by atoms with E-state index in [1.54, 1.807) is 43.3 Å². The number of anilines is 1. The van der Waals surface area contributed by atoms with Gasteiger partial charge in [-0.2, -0.15) is 0 Å². The molecular weight excluding hydrogens is 387 g/mol. The topological polar surface area (TPSA) is 87.7 Å². The van der Waals surface area contributed by atoms with Gasteiger partial charge in [0, 0.05) is 12.1 Å². The molecule has 2 amide bonds. The lowest BCUT2D eigenvalue weighted by molar-refractivity contribution is 0.0951. The van der Waals surface area contributed by atoms with E-state index in [0.29, 0.717) is 16.9 Å². The van der Waals surface area contributed by atoms with Crippen molar-refractivity contribution in [1.29, 1.82) is 0 Å². The first-order valence-electron chi connectivity index (χ1n) is 9.20. The third-order valence-corrected chi connectivity index (χ3v) is 4.60. The van der Waals surface area contributed by atoms with Crippen LogP contribution >= 0.6 is 0 Å². The number of aromatic hydroxyl groups is 1. The van der Waals surface area contributed by atoms with Gasteiger partial charge < -0.3 is 20.5 Å². The molecule has 0 radical (unpaired) electrons. The highest BCUT2D eigenvalue weighted by atomic mass is 19.1. The first-order chi connectivity index (χ1) is 14.4. The smallest absolute Gasteiger partial charge is 0.258 e. The molecule has 0 aromatic heterocycles. The third-order valence-electron chi connectivity index (χ3n) is 4.60. The zero-order valence-corrected chi connectivity index (χ0v) is 16.5. The molecule has 0 heterocycles. The molecule has 0 saturated heterocycles. The lowest BCUT2D eigenvalue weighted by atomic mass is 10.1. The van der Waals surface area contributed by atoms with Gasteiger partial charge in [0.2, 0.25) is 0 Å². The number of halogens is 1. The van der Waals surface area contributed by atoms with Crippen LogP contribution in [0.4, 0.5) is 10.1 Å². The van der Waals surface area contributed by atoms with Crippen LogP contribution < -0.4 is 15.4 Å². The van der Waals surface area contributed by atoms with E-state index in [1.807, 2.05) is 0 Å². The predicted molar refractivity (Wildman–Crippen MR) is 111 cm³/mol. The second-order valence-corrected chi connectivity index (χ2v) is 6.61. The van der Waals surface area contributed by atoms with Gasteiger partial charge in [0.25, 0.3) is 11.8 Å². The lowest BCUT2D eigenvalue weighted by Crippen LogP contribution is -2.25. The Morgan fingerprint density at radius 3 is 2.47 bits per heavy atom. The number of hydrogen-bond acceptors (Lipinski definition) is 4. The first-order valence-corrected chi connectivity index (χ1v) is 9.20. The molecule has 3 aromatic carbocycles. The molecule has 3 rings (SSSR count). The van der Waals surface area contributed by atoms with E-state index in [1.165, 1.54) is 31.4 Å². The van der Waals surface area contributed by atoms with Gasteiger partial charge in [-0.15, -0.1) is 0 Å². The average Bonchev–Trinajstić information content (AvgIpc) is 2.74. The van der Waals surface area contributed by atoms with Gasteiger partial charge in [-0.25, -0.2) is 4.39 Å². The predicted octanol–water partition coefficient (Wildman–Crippen LogP) is 4.03. The minimum absolute atomic E-state index is 0.0217. The Morgan fingerprint density at radius 1 is 1.00 bits per heavy atom. The molecule has 30 heavy (non-hydrogen) atoms. The summed E-state index contributed by atoms with van der Waals surface area (Å²) in [5.74, 6) is -1.19. The van der Waals surface area contributed by atoms with Gasteiger partial charge in [0.05, 0.1) is 23.9 Å². The zero-order valence-electron chi connectivity index (χ0n) is 16.5. The van der Waals surface area contributed by atoms with Gasteiger partial charge >= 0.3 is 0 Å². The number of carbonyl (C=O) groups is 2. The Bertz CT molecular complexity index is 1100. The number of phenolic OH excluding ortho intramolecular Hbond substituents is 1. The summed E-state index contributed by atoms with van der Waals surface area (Å²) in [5.41, 5.74) is 1.53. The maximum absolute atomic E-state index is 13.9. The van der Waals surface area contributed by atoms with E-state index < -0.39 is 17.6 Å². The van der Waals surface area contributed by atoms with Gasteiger partial charge in [-0.05, 0) is 48.9 Å². The van der Waals surface area contributed by atoms with Crippen LogP contribution in [0.2, 0.25) is 0 Å². The van der Waals surface area contributed by atoms with E-state index >= 15 is 0 Å². The minimum atomic E-state index is -0.651. The third kappa shape index (κ3) is 4.57. The van der Waals surface area contributed by atoms with Crippen molar-refractivity contribution in [3.05, 3.63) is 88.7 Å². The van der Waals surface area contributed by atoms with Crippen molar-refractivity contribution < 1.29 is 23.8 Å². The standard InChI is InChI=1S/C23H21FN2O4/c1-14-6-5-8-18(21(14)26-23(29)17-7-3-4-9-19(17)24)22(28)25-13-15-12-16(30-2)10-11-20(15)27/h3-12,27H,13H2,1-2H3,(H,25,28)(H,26,29). The molecule has 0 fully saturated rings. The molecule has 0 aliphatic heterocycles. The molecule has 7 heteroatoms. The van der Waals surface area contributed by atoms with Crippen molar-refractivity contribution in [3.63, 3.8) is 0 Å². The highest BCUT2D eigenvalue weighted by molar-refractivity contribution is 6.09. The number of methoxy groups -OCH3 is 1. The van der Waals surface area contributed by atoms with Crippen molar-refractivity contribution in [2.24, 2.45) is 0 Å². The number of para-hydroxylation sites is 1. The number of rotatable bonds is 6. The summed E-state index contributed by atoms with van der Waals surface area (Å²) >= 11 is 0. The summed E-state index contributed by atoms with van der Waals surface area (Å²) < 4.78 is 19.1. The van der Waals surface area contributed by atoms with Crippen molar-refractivity contribution in [2.45, 2.75) is 13.5 Å². The van der Waals surface area contributed by atoms with Crippen LogP contribution in [0.5, 0.6) is 11.5 Å².